The fourth-order valence-electron chi connectivity index (χ4n) is 5.28. The lowest BCUT2D eigenvalue weighted by Gasteiger charge is -2.31. The second-order valence-electron chi connectivity index (χ2n) is 9.16. The van der Waals surface area contributed by atoms with E-state index in [9.17, 15) is 18.7 Å². The minimum atomic E-state index is -0.927. The third-order valence-electron chi connectivity index (χ3n) is 6.97. The fraction of sp³-hybridized carbons (Fsp3) is 0.333. The third kappa shape index (κ3) is 3.96. The van der Waals surface area contributed by atoms with Gasteiger partial charge in [0, 0.05) is 37.0 Å². The van der Waals surface area contributed by atoms with E-state index in [0.29, 0.717) is 36.6 Å². The van der Waals surface area contributed by atoms with Gasteiger partial charge in [-0.1, -0.05) is 18.2 Å². The zero-order valence-corrected chi connectivity index (χ0v) is 20.0. The number of nitrogens with zero attached hydrogens (tertiary/aromatic N) is 3. The van der Waals surface area contributed by atoms with Crippen molar-refractivity contribution in [3.63, 3.8) is 0 Å². The Morgan fingerprint density at radius 1 is 1.17 bits per heavy atom. The van der Waals surface area contributed by atoms with Crippen molar-refractivity contribution < 1.29 is 23.4 Å². The van der Waals surface area contributed by atoms with Gasteiger partial charge in [0.2, 0.25) is 0 Å². The summed E-state index contributed by atoms with van der Waals surface area (Å²) in [4.78, 5) is 20.7. The fourth-order valence-corrected chi connectivity index (χ4v) is 5.28. The van der Waals surface area contributed by atoms with Gasteiger partial charge < -0.3 is 19.6 Å². The average Bonchev–Trinajstić information content (AvgIpc) is 3.20. The molecule has 2 aliphatic heterocycles. The Labute approximate surface area is 202 Å². The van der Waals surface area contributed by atoms with Gasteiger partial charge in [0.05, 0.1) is 18.7 Å². The zero-order chi connectivity index (χ0) is 24.9. The highest BCUT2D eigenvalue weighted by atomic mass is 19.2. The third-order valence-corrected chi connectivity index (χ3v) is 6.97. The molecule has 0 amide bonds. The number of likely N-dealkylation sites (N-methyl/N-ethyl adjacent to an activating group) is 1. The van der Waals surface area contributed by atoms with Crippen LogP contribution in [0.2, 0.25) is 0 Å². The lowest BCUT2D eigenvalue weighted by Crippen LogP contribution is -2.29. The molecule has 0 atom stereocenters. The summed E-state index contributed by atoms with van der Waals surface area (Å²) in [6.45, 7) is 5.97. The molecule has 35 heavy (non-hydrogen) atoms. The number of aryl methyl sites for hydroxylation is 1. The molecule has 0 fully saturated rings. The van der Waals surface area contributed by atoms with E-state index in [2.05, 4.69) is 4.90 Å². The number of aliphatic carboxylic acids is 1. The standard InChI is InChI=1S/C27H27F2N3O3/c1-15-18(7-8-22-26(15)31(3)11-12-35-22)24-19-9-10-32(14-17-5-4-6-21(28)25(17)29)27(19)30-16(2)20(24)13-23(33)34/h4-8H,9-14H2,1-3H3,(H,33,34). The second-order valence-corrected chi connectivity index (χ2v) is 9.16. The van der Waals surface area contributed by atoms with Crippen molar-refractivity contribution in [3.05, 3.63) is 69.9 Å². The number of carbonyl (C=O) groups is 1. The number of rotatable bonds is 5. The first-order valence-electron chi connectivity index (χ1n) is 11.7. The zero-order valence-electron chi connectivity index (χ0n) is 20.0. The molecule has 0 saturated heterocycles. The van der Waals surface area contributed by atoms with Crippen LogP contribution in [0.25, 0.3) is 11.1 Å². The number of carboxylic acids is 1. The van der Waals surface area contributed by atoms with E-state index in [0.717, 1.165) is 46.3 Å². The van der Waals surface area contributed by atoms with Crippen molar-refractivity contribution in [2.45, 2.75) is 33.2 Å². The van der Waals surface area contributed by atoms with Gasteiger partial charge in [-0.3, -0.25) is 4.79 Å². The molecule has 8 heteroatoms. The highest BCUT2D eigenvalue weighted by Crippen LogP contribution is 2.45. The molecule has 0 spiro atoms. The molecule has 3 heterocycles. The van der Waals surface area contributed by atoms with Crippen LogP contribution in [0.15, 0.2) is 30.3 Å². The van der Waals surface area contributed by atoms with Gasteiger partial charge in [0.25, 0.3) is 0 Å². The summed E-state index contributed by atoms with van der Waals surface area (Å²) in [5, 5.41) is 9.67. The molecule has 0 aliphatic carbocycles. The maximum atomic E-state index is 14.4. The second kappa shape index (κ2) is 8.83. The van der Waals surface area contributed by atoms with Crippen LogP contribution in [0.3, 0.4) is 0 Å². The molecule has 0 bridgehead atoms. The Morgan fingerprint density at radius 3 is 2.74 bits per heavy atom. The van der Waals surface area contributed by atoms with Gasteiger partial charge in [-0.15, -0.1) is 0 Å². The molecule has 1 aromatic heterocycles. The Bertz CT molecular complexity index is 1340. The molecular weight excluding hydrogens is 452 g/mol. The summed E-state index contributed by atoms with van der Waals surface area (Å²) in [5.41, 5.74) is 6.32. The highest BCUT2D eigenvalue weighted by molar-refractivity contribution is 5.87. The number of benzene rings is 2. The predicted molar refractivity (Wildman–Crippen MR) is 130 cm³/mol. The van der Waals surface area contributed by atoms with E-state index in [4.69, 9.17) is 9.72 Å². The van der Waals surface area contributed by atoms with E-state index < -0.39 is 17.6 Å². The molecule has 182 valence electrons. The van der Waals surface area contributed by atoms with Crippen molar-refractivity contribution in [1.82, 2.24) is 4.98 Å². The lowest BCUT2D eigenvalue weighted by molar-refractivity contribution is -0.136. The topological polar surface area (TPSA) is 65.9 Å². The SMILES string of the molecule is Cc1nc2c(c(-c3ccc4c(c3C)N(C)CCO4)c1CC(=O)O)CCN2Cc1cccc(F)c1F. The van der Waals surface area contributed by atoms with Crippen molar-refractivity contribution in [2.24, 2.45) is 0 Å². The van der Waals surface area contributed by atoms with Crippen LogP contribution < -0.4 is 14.5 Å². The Hall–Kier alpha value is -3.68. The molecule has 1 N–H and O–H groups in total. The number of pyridine rings is 1. The van der Waals surface area contributed by atoms with Crippen molar-refractivity contribution in [2.75, 3.05) is 36.5 Å². The summed E-state index contributed by atoms with van der Waals surface area (Å²) in [5.74, 6) is -1.15. The first-order valence-corrected chi connectivity index (χ1v) is 11.7. The Kier molecular flexibility index (Phi) is 5.83. The van der Waals surface area contributed by atoms with E-state index >= 15 is 0 Å². The molecule has 0 saturated carbocycles. The van der Waals surface area contributed by atoms with Crippen LogP contribution in [0.5, 0.6) is 5.75 Å². The van der Waals surface area contributed by atoms with Crippen LogP contribution in [-0.4, -0.2) is 42.8 Å². The minimum absolute atomic E-state index is 0.150. The number of fused-ring (bicyclic) bond motifs is 2. The summed E-state index contributed by atoms with van der Waals surface area (Å²) < 4.78 is 34.1. The first kappa shape index (κ1) is 23.1. The molecule has 0 unspecified atom stereocenters. The average molecular weight is 480 g/mol. The summed E-state index contributed by atoms with van der Waals surface area (Å²) in [7, 11) is 2.02. The smallest absolute Gasteiger partial charge is 0.307 e. The van der Waals surface area contributed by atoms with Gasteiger partial charge in [-0.05, 0) is 54.7 Å². The Balaban J connectivity index is 1.67. The number of anilines is 2. The van der Waals surface area contributed by atoms with Gasteiger partial charge in [-0.2, -0.15) is 0 Å². The summed E-state index contributed by atoms with van der Waals surface area (Å²) in [6, 6.07) is 8.11. The monoisotopic (exact) mass is 479 g/mol. The van der Waals surface area contributed by atoms with Crippen molar-refractivity contribution >= 4 is 17.5 Å². The van der Waals surface area contributed by atoms with Crippen LogP contribution in [0.1, 0.15) is 27.9 Å². The molecule has 0 radical (unpaired) electrons. The van der Waals surface area contributed by atoms with E-state index in [-0.39, 0.29) is 18.5 Å². The predicted octanol–water partition coefficient (Wildman–Crippen LogP) is 4.66. The van der Waals surface area contributed by atoms with Crippen LogP contribution in [0, 0.1) is 25.5 Å². The maximum absolute atomic E-state index is 14.4. The molecule has 6 nitrogen and oxygen atoms in total. The first-order chi connectivity index (χ1) is 16.8. The molecule has 5 rings (SSSR count). The molecule has 2 aromatic carbocycles. The lowest BCUT2D eigenvalue weighted by atomic mass is 9.88. The number of hydrogen-bond donors (Lipinski definition) is 1. The van der Waals surface area contributed by atoms with Gasteiger partial charge >= 0.3 is 5.97 Å². The van der Waals surface area contributed by atoms with E-state index in [1.807, 2.05) is 37.9 Å². The maximum Gasteiger partial charge on any atom is 0.307 e. The Morgan fingerprint density at radius 2 is 1.97 bits per heavy atom. The van der Waals surface area contributed by atoms with E-state index in [1.54, 1.807) is 6.07 Å². The summed E-state index contributed by atoms with van der Waals surface area (Å²) in [6.07, 6.45) is 0.479. The van der Waals surface area contributed by atoms with Gasteiger partial charge in [-0.25, -0.2) is 13.8 Å². The van der Waals surface area contributed by atoms with Crippen molar-refractivity contribution in [3.8, 4) is 16.9 Å². The summed E-state index contributed by atoms with van der Waals surface area (Å²) >= 11 is 0. The largest absolute Gasteiger partial charge is 0.490 e. The van der Waals surface area contributed by atoms with Gasteiger partial charge in [0.15, 0.2) is 11.6 Å². The molecule has 2 aliphatic rings. The minimum Gasteiger partial charge on any atom is -0.490 e. The normalized spacial score (nSPS) is 14.5. The van der Waals surface area contributed by atoms with Crippen molar-refractivity contribution in [1.29, 1.82) is 0 Å². The number of ether oxygens (including phenoxy) is 1. The molecular formula is C27H27F2N3O3. The number of carboxylic acid groups (broad SMARTS) is 1. The number of halogens is 2. The van der Waals surface area contributed by atoms with Crippen LogP contribution >= 0.6 is 0 Å². The van der Waals surface area contributed by atoms with Crippen LogP contribution in [-0.2, 0) is 24.2 Å². The molecule has 3 aromatic rings. The quantitative estimate of drug-likeness (QED) is 0.574. The number of hydrogen-bond acceptors (Lipinski definition) is 5. The highest BCUT2D eigenvalue weighted by Gasteiger charge is 2.31. The van der Waals surface area contributed by atoms with Gasteiger partial charge in [0.1, 0.15) is 18.2 Å². The van der Waals surface area contributed by atoms with Crippen LogP contribution in [0.4, 0.5) is 20.3 Å². The number of aromatic nitrogens is 1. The van der Waals surface area contributed by atoms with E-state index in [1.165, 1.54) is 6.07 Å².